The van der Waals surface area contributed by atoms with Gasteiger partial charge in [0, 0.05) is 24.2 Å². The fraction of sp³-hybridized carbons (Fsp3) is 0.389. The van der Waals surface area contributed by atoms with E-state index in [0.717, 1.165) is 36.9 Å². The van der Waals surface area contributed by atoms with Crippen LogP contribution in [0.1, 0.15) is 48.1 Å². The van der Waals surface area contributed by atoms with Crippen LogP contribution in [0.4, 0.5) is 0 Å². The maximum Gasteiger partial charge on any atom is 0.258 e. The third kappa shape index (κ3) is 3.22. The van der Waals surface area contributed by atoms with Crippen molar-refractivity contribution < 1.29 is 9.32 Å². The lowest BCUT2D eigenvalue weighted by molar-refractivity contribution is 0.0950. The fourth-order valence-electron chi connectivity index (χ4n) is 2.72. The SMILES string of the molecule is CCCc1noc(-c2ccnc(-n3ncc(C(=O)NC4CC4)c3C)c2)n1. The van der Waals surface area contributed by atoms with Crippen LogP contribution < -0.4 is 5.32 Å². The second kappa shape index (κ2) is 6.70. The molecule has 8 heteroatoms. The largest absolute Gasteiger partial charge is 0.349 e. The van der Waals surface area contributed by atoms with Crippen molar-refractivity contribution in [3.63, 3.8) is 0 Å². The average molecular weight is 352 g/mol. The summed E-state index contributed by atoms with van der Waals surface area (Å²) in [4.78, 5) is 21.1. The number of rotatable bonds is 6. The Balaban J connectivity index is 1.61. The van der Waals surface area contributed by atoms with E-state index in [2.05, 4.69) is 32.5 Å². The van der Waals surface area contributed by atoms with Crippen molar-refractivity contribution in [1.82, 2.24) is 30.2 Å². The third-order valence-electron chi connectivity index (χ3n) is 4.32. The molecule has 0 bridgehead atoms. The van der Waals surface area contributed by atoms with E-state index in [9.17, 15) is 4.79 Å². The topological polar surface area (TPSA) is 98.7 Å². The highest BCUT2D eigenvalue weighted by Gasteiger charge is 2.25. The number of nitrogens with one attached hydrogen (secondary N) is 1. The van der Waals surface area contributed by atoms with E-state index < -0.39 is 0 Å². The lowest BCUT2D eigenvalue weighted by atomic mass is 10.2. The van der Waals surface area contributed by atoms with Crippen molar-refractivity contribution in [3.8, 4) is 17.3 Å². The third-order valence-corrected chi connectivity index (χ3v) is 4.32. The molecule has 134 valence electrons. The minimum absolute atomic E-state index is 0.0893. The van der Waals surface area contributed by atoms with Crippen molar-refractivity contribution in [2.24, 2.45) is 0 Å². The molecule has 3 heterocycles. The van der Waals surface area contributed by atoms with Gasteiger partial charge in [-0.15, -0.1) is 0 Å². The minimum Gasteiger partial charge on any atom is -0.349 e. The van der Waals surface area contributed by atoms with Crippen LogP contribution in [0.2, 0.25) is 0 Å². The molecule has 3 aromatic rings. The Morgan fingerprint density at radius 3 is 3.04 bits per heavy atom. The standard InChI is InChI=1S/C18H20N6O2/c1-3-4-15-22-18(26-23-15)12-7-8-19-16(9-12)24-11(2)14(10-20-24)17(25)21-13-5-6-13/h7-10,13H,3-6H2,1-2H3,(H,21,25). The van der Waals surface area contributed by atoms with Gasteiger partial charge in [-0.2, -0.15) is 10.1 Å². The molecule has 4 rings (SSSR count). The molecule has 1 aliphatic carbocycles. The fourth-order valence-corrected chi connectivity index (χ4v) is 2.72. The zero-order valence-corrected chi connectivity index (χ0v) is 14.8. The van der Waals surface area contributed by atoms with Crippen LogP contribution in [0.15, 0.2) is 29.0 Å². The van der Waals surface area contributed by atoms with E-state index in [0.29, 0.717) is 29.1 Å². The number of nitrogens with zero attached hydrogens (tertiary/aromatic N) is 5. The van der Waals surface area contributed by atoms with Crippen LogP contribution in [-0.2, 0) is 6.42 Å². The molecule has 0 spiro atoms. The minimum atomic E-state index is -0.0893. The molecule has 3 aromatic heterocycles. The highest BCUT2D eigenvalue weighted by molar-refractivity contribution is 5.95. The van der Waals surface area contributed by atoms with Gasteiger partial charge in [0.25, 0.3) is 11.8 Å². The number of aryl methyl sites for hydroxylation is 1. The predicted octanol–water partition coefficient (Wildman–Crippen LogP) is 2.47. The first kappa shape index (κ1) is 16.4. The molecular formula is C18H20N6O2. The summed E-state index contributed by atoms with van der Waals surface area (Å²) in [5.41, 5.74) is 2.07. The molecule has 1 N–H and O–H groups in total. The van der Waals surface area contributed by atoms with Crippen molar-refractivity contribution in [2.75, 3.05) is 0 Å². The summed E-state index contributed by atoms with van der Waals surface area (Å²) in [7, 11) is 0. The van der Waals surface area contributed by atoms with Crippen LogP contribution in [0, 0.1) is 6.92 Å². The Kier molecular flexibility index (Phi) is 4.24. The van der Waals surface area contributed by atoms with Crippen LogP contribution in [0.25, 0.3) is 17.3 Å². The quantitative estimate of drug-likeness (QED) is 0.732. The number of pyridine rings is 1. The summed E-state index contributed by atoms with van der Waals surface area (Å²) >= 11 is 0. The highest BCUT2D eigenvalue weighted by Crippen LogP contribution is 2.22. The summed E-state index contributed by atoms with van der Waals surface area (Å²) < 4.78 is 6.98. The van der Waals surface area contributed by atoms with Crippen LogP contribution in [0.3, 0.4) is 0 Å². The number of carbonyl (C=O) groups is 1. The number of aromatic nitrogens is 5. The Hall–Kier alpha value is -3.03. The second-order valence-electron chi connectivity index (χ2n) is 6.47. The monoisotopic (exact) mass is 352 g/mol. The molecule has 0 aliphatic heterocycles. The van der Waals surface area contributed by atoms with Crippen LogP contribution >= 0.6 is 0 Å². The molecule has 1 aliphatic rings. The maximum atomic E-state index is 12.3. The van der Waals surface area contributed by atoms with E-state index in [1.807, 2.05) is 19.1 Å². The Bertz CT molecular complexity index is 941. The van der Waals surface area contributed by atoms with Gasteiger partial charge in [-0.1, -0.05) is 12.1 Å². The Labute approximate surface area is 150 Å². The normalized spacial score (nSPS) is 13.8. The molecule has 1 saturated carbocycles. The second-order valence-corrected chi connectivity index (χ2v) is 6.47. The first-order valence-electron chi connectivity index (χ1n) is 8.80. The first-order chi connectivity index (χ1) is 12.7. The Morgan fingerprint density at radius 2 is 2.27 bits per heavy atom. The lowest BCUT2D eigenvalue weighted by Gasteiger charge is -2.06. The molecular weight excluding hydrogens is 332 g/mol. The van der Waals surface area contributed by atoms with E-state index >= 15 is 0 Å². The number of hydrogen-bond acceptors (Lipinski definition) is 6. The van der Waals surface area contributed by atoms with E-state index in [-0.39, 0.29) is 5.91 Å². The average Bonchev–Trinajstić information content (AvgIpc) is 3.17. The van der Waals surface area contributed by atoms with E-state index in [4.69, 9.17) is 4.52 Å². The van der Waals surface area contributed by atoms with Crippen molar-refractivity contribution >= 4 is 5.91 Å². The van der Waals surface area contributed by atoms with Gasteiger partial charge < -0.3 is 9.84 Å². The van der Waals surface area contributed by atoms with Gasteiger partial charge in [-0.05, 0) is 38.3 Å². The molecule has 0 atom stereocenters. The van der Waals surface area contributed by atoms with Crippen LogP contribution in [0.5, 0.6) is 0 Å². The zero-order chi connectivity index (χ0) is 18.1. The Morgan fingerprint density at radius 1 is 1.42 bits per heavy atom. The van der Waals surface area contributed by atoms with Gasteiger partial charge in [-0.25, -0.2) is 9.67 Å². The summed E-state index contributed by atoms with van der Waals surface area (Å²) in [5.74, 6) is 1.65. The molecule has 0 aromatic carbocycles. The summed E-state index contributed by atoms with van der Waals surface area (Å²) in [6, 6.07) is 3.94. The van der Waals surface area contributed by atoms with Gasteiger partial charge in [0.05, 0.1) is 17.5 Å². The molecule has 0 radical (unpaired) electrons. The zero-order valence-electron chi connectivity index (χ0n) is 14.8. The van der Waals surface area contributed by atoms with Crippen molar-refractivity contribution in [1.29, 1.82) is 0 Å². The molecule has 1 fully saturated rings. The lowest BCUT2D eigenvalue weighted by Crippen LogP contribution is -2.25. The van der Waals surface area contributed by atoms with Gasteiger partial charge in [0.1, 0.15) is 0 Å². The van der Waals surface area contributed by atoms with Gasteiger partial charge in [-0.3, -0.25) is 4.79 Å². The van der Waals surface area contributed by atoms with E-state index in [1.54, 1.807) is 17.1 Å². The predicted molar refractivity (Wildman–Crippen MR) is 93.9 cm³/mol. The highest BCUT2D eigenvalue weighted by atomic mass is 16.5. The molecule has 1 amide bonds. The van der Waals surface area contributed by atoms with Gasteiger partial charge in [0.15, 0.2) is 11.6 Å². The number of hydrogen-bond donors (Lipinski definition) is 1. The smallest absolute Gasteiger partial charge is 0.258 e. The summed E-state index contributed by atoms with van der Waals surface area (Å²) in [6.45, 7) is 3.92. The van der Waals surface area contributed by atoms with Gasteiger partial charge >= 0.3 is 0 Å². The summed E-state index contributed by atoms with van der Waals surface area (Å²) in [5, 5.41) is 11.3. The van der Waals surface area contributed by atoms with E-state index in [1.165, 1.54) is 0 Å². The number of amides is 1. The van der Waals surface area contributed by atoms with Crippen molar-refractivity contribution in [2.45, 2.75) is 45.6 Å². The van der Waals surface area contributed by atoms with Gasteiger partial charge in [0.2, 0.25) is 0 Å². The maximum absolute atomic E-state index is 12.3. The first-order valence-corrected chi connectivity index (χ1v) is 8.80. The molecule has 8 nitrogen and oxygen atoms in total. The molecule has 0 saturated heterocycles. The summed E-state index contributed by atoms with van der Waals surface area (Å²) in [6.07, 6.45) is 7.07. The van der Waals surface area contributed by atoms with Crippen LogP contribution in [-0.4, -0.2) is 36.9 Å². The molecule has 26 heavy (non-hydrogen) atoms. The van der Waals surface area contributed by atoms with Crippen molar-refractivity contribution in [3.05, 3.63) is 41.6 Å². The molecule has 0 unspecified atom stereocenters. The number of carbonyl (C=O) groups excluding carboxylic acids is 1.